The van der Waals surface area contributed by atoms with Gasteiger partial charge in [0, 0.05) is 18.4 Å². The van der Waals surface area contributed by atoms with Gasteiger partial charge in [0.2, 0.25) is 5.91 Å². The maximum absolute atomic E-state index is 12.5. The van der Waals surface area contributed by atoms with Gasteiger partial charge in [0.1, 0.15) is 0 Å². The zero-order valence-electron chi connectivity index (χ0n) is 12.3. The van der Waals surface area contributed by atoms with Gasteiger partial charge in [-0.25, -0.2) is 4.98 Å². The van der Waals surface area contributed by atoms with Crippen molar-refractivity contribution in [3.05, 3.63) is 60.5 Å². The zero-order chi connectivity index (χ0) is 15.2. The highest BCUT2D eigenvalue weighted by molar-refractivity contribution is 7.99. The average molecular weight is 300 g/mol. The number of aromatic nitrogens is 1. The fourth-order valence-electron chi connectivity index (χ4n) is 2.43. The molecule has 3 nitrogen and oxygen atoms in total. The normalized spacial score (nSPS) is 15.0. The van der Waals surface area contributed by atoms with Gasteiger partial charge in [-0.05, 0) is 43.0 Å². The molecular weight excluding hydrogens is 280 g/mol. The van der Waals surface area contributed by atoms with E-state index in [-0.39, 0.29) is 5.91 Å². The van der Waals surface area contributed by atoms with E-state index in [9.17, 15) is 4.79 Å². The van der Waals surface area contributed by atoms with Crippen LogP contribution in [0.25, 0.3) is 0 Å². The topological polar surface area (TPSA) is 33.2 Å². The minimum atomic E-state index is 0.0997. The lowest BCUT2D eigenvalue weighted by Gasteiger charge is -2.31. The summed E-state index contributed by atoms with van der Waals surface area (Å²) in [5, 5.41) is 0.868. The average Bonchev–Trinajstić information content (AvgIpc) is 2.52. The summed E-state index contributed by atoms with van der Waals surface area (Å²) in [4.78, 5) is 18.6. The summed E-state index contributed by atoms with van der Waals surface area (Å²) in [5.41, 5.74) is 2.98. The van der Waals surface area contributed by atoms with E-state index in [4.69, 9.17) is 0 Å². The molecule has 0 saturated heterocycles. The molecule has 1 aliphatic heterocycles. The van der Waals surface area contributed by atoms with Crippen LogP contribution in [0.5, 0.6) is 0 Å². The third kappa shape index (κ3) is 3.85. The van der Waals surface area contributed by atoms with Crippen molar-refractivity contribution in [2.75, 3.05) is 12.3 Å². The van der Waals surface area contributed by atoms with E-state index in [0.29, 0.717) is 5.75 Å². The van der Waals surface area contributed by atoms with Crippen molar-refractivity contribution in [2.45, 2.75) is 24.8 Å². The molecule has 0 unspecified atom stereocenters. The number of carbonyl (C=O) groups excluding carboxylic acids is 1. The molecular formula is C17H20N2OS. The summed E-state index contributed by atoms with van der Waals surface area (Å²) in [6.45, 7) is 10.6. The van der Waals surface area contributed by atoms with E-state index in [1.165, 1.54) is 11.8 Å². The van der Waals surface area contributed by atoms with Crippen LogP contribution in [-0.4, -0.2) is 28.1 Å². The number of hydrogen-bond acceptors (Lipinski definition) is 3. The van der Waals surface area contributed by atoms with E-state index in [2.05, 4.69) is 18.1 Å². The van der Waals surface area contributed by atoms with Crippen LogP contribution < -0.4 is 0 Å². The van der Waals surface area contributed by atoms with Gasteiger partial charge in [0.05, 0.1) is 10.8 Å². The number of thioether (sulfide) groups is 1. The Bertz CT molecular complexity index is 578. The molecule has 0 N–H and O–H groups in total. The van der Waals surface area contributed by atoms with E-state index in [1.54, 1.807) is 6.20 Å². The second kappa shape index (κ2) is 7.27. The van der Waals surface area contributed by atoms with Crippen LogP contribution in [0.4, 0.5) is 0 Å². The molecule has 1 aromatic heterocycles. The Morgan fingerprint density at radius 2 is 2.33 bits per heavy atom. The molecule has 2 rings (SSSR count). The maximum atomic E-state index is 12.5. The Morgan fingerprint density at radius 1 is 1.52 bits per heavy atom. The van der Waals surface area contributed by atoms with Gasteiger partial charge in [0.25, 0.3) is 0 Å². The van der Waals surface area contributed by atoms with Crippen molar-refractivity contribution in [3.8, 4) is 0 Å². The smallest absolute Gasteiger partial charge is 0.237 e. The first-order chi connectivity index (χ1) is 10.1. The third-order valence-electron chi connectivity index (χ3n) is 3.33. The SMILES string of the molecule is C=CC1=C(C(=C)C)N(C(=O)CSc2ccccn2)CCC1. The van der Waals surface area contributed by atoms with Gasteiger partial charge in [-0.2, -0.15) is 0 Å². The first kappa shape index (κ1) is 15.6. The fourth-order valence-corrected chi connectivity index (χ4v) is 3.17. The molecule has 0 aliphatic carbocycles. The molecule has 110 valence electrons. The lowest BCUT2D eigenvalue weighted by Crippen LogP contribution is -2.36. The summed E-state index contributed by atoms with van der Waals surface area (Å²) < 4.78 is 0. The second-order valence-corrected chi connectivity index (χ2v) is 5.96. The Kier molecular flexibility index (Phi) is 5.39. The molecule has 0 fully saturated rings. The van der Waals surface area contributed by atoms with Crippen LogP contribution in [0, 0.1) is 0 Å². The fraction of sp³-hybridized carbons (Fsp3) is 0.294. The number of hydrogen-bond donors (Lipinski definition) is 0. The van der Waals surface area contributed by atoms with Crippen LogP contribution >= 0.6 is 11.8 Å². The molecule has 0 atom stereocenters. The number of amides is 1. The Balaban J connectivity index is 2.10. The number of pyridine rings is 1. The van der Waals surface area contributed by atoms with Crippen LogP contribution in [-0.2, 0) is 4.79 Å². The van der Waals surface area contributed by atoms with Crippen molar-refractivity contribution >= 4 is 17.7 Å². The predicted octanol–water partition coefficient (Wildman–Crippen LogP) is 3.81. The first-order valence-electron chi connectivity index (χ1n) is 6.99. The van der Waals surface area contributed by atoms with E-state index in [1.807, 2.05) is 36.1 Å². The van der Waals surface area contributed by atoms with Gasteiger partial charge in [0.15, 0.2) is 0 Å². The molecule has 1 amide bonds. The van der Waals surface area contributed by atoms with Crippen molar-refractivity contribution in [1.82, 2.24) is 9.88 Å². The molecule has 0 bridgehead atoms. The number of nitrogens with zero attached hydrogens (tertiary/aromatic N) is 2. The maximum Gasteiger partial charge on any atom is 0.237 e. The summed E-state index contributed by atoms with van der Waals surface area (Å²) >= 11 is 1.46. The summed E-state index contributed by atoms with van der Waals surface area (Å²) in [6.07, 6.45) is 5.51. The Labute approximate surface area is 130 Å². The standard InChI is InChI=1S/C17H20N2OS/c1-4-14-8-7-11-19(17(14)13(2)3)16(20)12-21-15-9-5-6-10-18-15/h4-6,9-10H,1-2,7-8,11-12H2,3H3. The van der Waals surface area contributed by atoms with Crippen LogP contribution in [0.1, 0.15) is 19.8 Å². The predicted molar refractivity (Wildman–Crippen MR) is 87.9 cm³/mol. The van der Waals surface area contributed by atoms with Crippen molar-refractivity contribution in [1.29, 1.82) is 0 Å². The molecule has 0 aromatic carbocycles. The van der Waals surface area contributed by atoms with Gasteiger partial charge < -0.3 is 4.90 Å². The second-order valence-electron chi connectivity index (χ2n) is 4.96. The van der Waals surface area contributed by atoms with Gasteiger partial charge in [-0.1, -0.05) is 37.1 Å². The van der Waals surface area contributed by atoms with E-state index < -0.39 is 0 Å². The van der Waals surface area contributed by atoms with E-state index in [0.717, 1.165) is 41.3 Å². The first-order valence-corrected chi connectivity index (χ1v) is 7.97. The number of allylic oxidation sites excluding steroid dienone is 3. The lowest BCUT2D eigenvalue weighted by molar-refractivity contribution is -0.126. The van der Waals surface area contributed by atoms with E-state index >= 15 is 0 Å². The summed E-state index contributed by atoms with van der Waals surface area (Å²) in [7, 11) is 0. The Morgan fingerprint density at radius 3 is 2.95 bits per heavy atom. The van der Waals surface area contributed by atoms with Gasteiger partial charge in [-0.15, -0.1) is 0 Å². The van der Waals surface area contributed by atoms with Crippen LogP contribution in [0.2, 0.25) is 0 Å². The van der Waals surface area contributed by atoms with Crippen molar-refractivity contribution < 1.29 is 4.79 Å². The molecule has 4 heteroatoms. The highest BCUT2D eigenvalue weighted by Crippen LogP contribution is 2.28. The summed E-state index contributed by atoms with van der Waals surface area (Å²) in [5.74, 6) is 0.487. The molecule has 0 radical (unpaired) electrons. The third-order valence-corrected chi connectivity index (χ3v) is 4.26. The quantitative estimate of drug-likeness (QED) is 0.775. The van der Waals surface area contributed by atoms with Crippen molar-refractivity contribution in [3.63, 3.8) is 0 Å². The van der Waals surface area contributed by atoms with Gasteiger partial charge >= 0.3 is 0 Å². The highest BCUT2D eigenvalue weighted by atomic mass is 32.2. The Hall–Kier alpha value is -1.81. The van der Waals surface area contributed by atoms with Crippen LogP contribution in [0.15, 0.2) is 65.5 Å². The zero-order valence-corrected chi connectivity index (χ0v) is 13.2. The molecule has 21 heavy (non-hydrogen) atoms. The highest BCUT2D eigenvalue weighted by Gasteiger charge is 2.24. The molecule has 0 spiro atoms. The van der Waals surface area contributed by atoms with Crippen LogP contribution in [0.3, 0.4) is 0 Å². The number of rotatable bonds is 5. The molecule has 1 aliphatic rings. The summed E-state index contributed by atoms with van der Waals surface area (Å²) in [6, 6.07) is 5.71. The minimum Gasteiger partial charge on any atom is -0.311 e. The molecule has 1 aromatic rings. The monoisotopic (exact) mass is 300 g/mol. The molecule has 0 saturated carbocycles. The number of carbonyl (C=O) groups is 1. The minimum absolute atomic E-state index is 0.0997. The largest absolute Gasteiger partial charge is 0.311 e. The lowest BCUT2D eigenvalue weighted by atomic mass is 9.98. The van der Waals surface area contributed by atoms with Crippen molar-refractivity contribution in [2.24, 2.45) is 0 Å². The molecule has 2 heterocycles. The van der Waals surface area contributed by atoms with Gasteiger partial charge in [-0.3, -0.25) is 4.79 Å².